The number of benzene rings is 3. The Morgan fingerprint density at radius 2 is 1.94 bits per heavy atom. The number of methoxy groups -OCH3 is 1. The molecule has 0 aromatic heterocycles. The number of hydrogen-bond donors (Lipinski definition) is 1. The van der Waals surface area contributed by atoms with Gasteiger partial charge in [-0.25, -0.2) is 5.01 Å². The standard InChI is InChI=1S/C24H17Br2N3O3/c1-31-16-4-2-3-13(9-16)20-12-21-17-10-14(25)6-8-22(17)32-24(29(21)28-20)18-11-15(26)5-7-19(18)27-23(24)30/h2-11,21H,12H2,1H3,(H,27,30)/t21-,24-/m0/s1. The van der Waals surface area contributed by atoms with E-state index in [1.165, 1.54) is 0 Å². The minimum atomic E-state index is -1.38. The highest BCUT2D eigenvalue weighted by molar-refractivity contribution is 9.10. The molecule has 0 saturated heterocycles. The van der Waals surface area contributed by atoms with Crippen molar-refractivity contribution in [2.24, 2.45) is 5.10 Å². The highest BCUT2D eigenvalue weighted by atomic mass is 79.9. The summed E-state index contributed by atoms with van der Waals surface area (Å²) in [7, 11) is 1.65. The minimum absolute atomic E-state index is 0.159. The van der Waals surface area contributed by atoms with E-state index < -0.39 is 5.72 Å². The SMILES string of the molecule is COc1cccc(C2=NN3[C@@H](C2)c2cc(Br)ccc2O[C@@]32C(=O)Nc3ccc(Br)cc32)c1. The molecule has 8 heteroatoms. The van der Waals surface area contributed by atoms with Gasteiger partial charge in [0.1, 0.15) is 11.5 Å². The van der Waals surface area contributed by atoms with Crippen molar-refractivity contribution in [3.05, 3.63) is 86.3 Å². The minimum Gasteiger partial charge on any atom is -0.497 e. The second-order valence-corrected chi connectivity index (χ2v) is 9.75. The lowest BCUT2D eigenvalue weighted by Crippen LogP contribution is -2.55. The first-order valence-electron chi connectivity index (χ1n) is 10.1. The lowest BCUT2D eigenvalue weighted by atomic mass is 9.92. The average molecular weight is 555 g/mol. The number of rotatable bonds is 2. The van der Waals surface area contributed by atoms with E-state index in [-0.39, 0.29) is 11.9 Å². The Morgan fingerprint density at radius 1 is 1.12 bits per heavy atom. The van der Waals surface area contributed by atoms with Crippen LogP contribution in [0.5, 0.6) is 11.5 Å². The van der Waals surface area contributed by atoms with Gasteiger partial charge in [0.05, 0.1) is 30.1 Å². The summed E-state index contributed by atoms with van der Waals surface area (Å²) in [5, 5.41) is 9.79. The van der Waals surface area contributed by atoms with Crippen molar-refractivity contribution >= 4 is 49.2 Å². The second-order valence-electron chi connectivity index (χ2n) is 7.92. The third kappa shape index (κ3) is 2.75. The summed E-state index contributed by atoms with van der Waals surface area (Å²) in [6.07, 6.45) is 0.637. The van der Waals surface area contributed by atoms with Gasteiger partial charge in [-0.3, -0.25) is 4.79 Å². The lowest BCUT2D eigenvalue weighted by Gasteiger charge is -2.44. The summed E-state index contributed by atoms with van der Waals surface area (Å²) in [6.45, 7) is 0. The monoisotopic (exact) mass is 553 g/mol. The van der Waals surface area contributed by atoms with E-state index in [0.717, 1.165) is 42.8 Å². The molecule has 6 rings (SSSR count). The summed E-state index contributed by atoms with van der Waals surface area (Å²) >= 11 is 7.12. The van der Waals surface area contributed by atoms with Crippen LogP contribution in [-0.2, 0) is 10.5 Å². The molecule has 0 unspecified atom stereocenters. The van der Waals surface area contributed by atoms with Crippen molar-refractivity contribution < 1.29 is 14.3 Å². The first kappa shape index (κ1) is 19.8. The van der Waals surface area contributed by atoms with Gasteiger partial charge in [-0.2, -0.15) is 5.10 Å². The molecule has 1 amide bonds. The molecule has 0 bridgehead atoms. The van der Waals surface area contributed by atoms with E-state index >= 15 is 0 Å². The molecule has 6 nitrogen and oxygen atoms in total. The Labute approximate surface area is 201 Å². The summed E-state index contributed by atoms with van der Waals surface area (Å²) in [5.41, 5.74) is 2.90. The highest BCUT2D eigenvalue weighted by Crippen LogP contribution is 2.54. The number of hydrazone groups is 1. The van der Waals surface area contributed by atoms with Gasteiger partial charge in [0.15, 0.2) is 0 Å². The van der Waals surface area contributed by atoms with Crippen LogP contribution in [0.3, 0.4) is 0 Å². The Morgan fingerprint density at radius 3 is 2.78 bits per heavy atom. The van der Waals surface area contributed by atoms with Crippen LogP contribution in [0.25, 0.3) is 0 Å². The summed E-state index contributed by atoms with van der Waals surface area (Å²) in [5.74, 6) is 1.19. The van der Waals surface area contributed by atoms with Crippen LogP contribution in [0.4, 0.5) is 5.69 Å². The molecule has 160 valence electrons. The molecule has 0 radical (unpaired) electrons. The number of halogens is 2. The molecule has 3 heterocycles. The van der Waals surface area contributed by atoms with Gasteiger partial charge in [-0.1, -0.05) is 44.0 Å². The quantitative estimate of drug-likeness (QED) is 0.450. The molecule has 0 fully saturated rings. The molecule has 3 aromatic rings. The fraction of sp³-hybridized carbons (Fsp3) is 0.167. The zero-order valence-electron chi connectivity index (χ0n) is 16.9. The van der Waals surface area contributed by atoms with Gasteiger partial charge in [-0.05, 0) is 48.5 Å². The van der Waals surface area contributed by atoms with E-state index in [0.29, 0.717) is 12.2 Å². The molecule has 0 aliphatic carbocycles. The van der Waals surface area contributed by atoms with Crippen molar-refractivity contribution in [3.8, 4) is 11.5 Å². The second kappa shape index (κ2) is 7.08. The molecule has 3 aromatic carbocycles. The van der Waals surface area contributed by atoms with Gasteiger partial charge < -0.3 is 14.8 Å². The molecule has 0 saturated carbocycles. The number of anilines is 1. The zero-order chi connectivity index (χ0) is 22.0. The molecule has 1 spiro atoms. The fourth-order valence-corrected chi connectivity index (χ4v) is 5.40. The smallest absolute Gasteiger partial charge is 0.306 e. The first-order chi connectivity index (χ1) is 15.5. The van der Waals surface area contributed by atoms with Gasteiger partial charge >= 0.3 is 5.72 Å². The number of ether oxygens (including phenoxy) is 2. The van der Waals surface area contributed by atoms with Crippen LogP contribution in [0, 0.1) is 0 Å². The van der Waals surface area contributed by atoms with Gasteiger partial charge in [-0.15, -0.1) is 0 Å². The Kier molecular flexibility index (Phi) is 4.39. The summed E-state index contributed by atoms with van der Waals surface area (Å²) in [4.78, 5) is 13.5. The molecule has 32 heavy (non-hydrogen) atoms. The largest absolute Gasteiger partial charge is 0.497 e. The number of hydrogen-bond acceptors (Lipinski definition) is 5. The maximum Gasteiger partial charge on any atom is 0.306 e. The van der Waals surface area contributed by atoms with E-state index in [1.807, 2.05) is 65.7 Å². The van der Waals surface area contributed by atoms with Crippen molar-refractivity contribution in [3.63, 3.8) is 0 Å². The third-order valence-electron chi connectivity index (χ3n) is 6.13. The maximum absolute atomic E-state index is 13.5. The molecular weight excluding hydrogens is 538 g/mol. The van der Waals surface area contributed by atoms with Gasteiger partial charge in [0.2, 0.25) is 0 Å². The van der Waals surface area contributed by atoms with E-state index in [2.05, 4.69) is 37.2 Å². The number of amides is 1. The molecule has 3 aliphatic rings. The molecular formula is C24H17Br2N3O3. The van der Waals surface area contributed by atoms with E-state index in [9.17, 15) is 4.79 Å². The Balaban J connectivity index is 1.57. The summed E-state index contributed by atoms with van der Waals surface area (Å²) in [6, 6.07) is 19.2. The Bertz CT molecular complexity index is 1330. The van der Waals surface area contributed by atoms with Crippen LogP contribution < -0.4 is 14.8 Å². The first-order valence-corrected chi connectivity index (χ1v) is 11.7. The molecule has 1 N–H and O–H groups in total. The number of nitrogens with one attached hydrogen (secondary N) is 1. The van der Waals surface area contributed by atoms with Crippen molar-refractivity contribution in [2.45, 2.75) is 18.2 Å². The predicted molar refractivity (Wildman–Crippen MR) is 128 cm³/mol. The van der Waals surface area contributed by atoms with Crippen LogP contribution in [0.2, 0.25) is 0 Å². The molecule has 2 atom stereocenters. The summed E-state index contributed by atoms with van der Waals surface area (Å²) < 4.78 is 13.7. The maximum atomic E-state index is 13.5. The van der Waals surface area contributed by atoms with Crippen molar-refractivity contribution in [1.29, 1.82) is 0 Å². The third-order valence-corrected chi connectivity index (χ3v) is 7.11. The Hall–Kier alpha value is -2.84. The number of nitrogens with zero attached hydrogens (tertiary/aromatic N) is 2. The van der Waals surface area contributed by atoms with Crippen molar-refractivity contribution in [1.82, 2.24) is 5.01 Å². The topological polar surface area (TPSA) is 63.2 Å². The normalized spacial score (nSPS) is 22.6. The number of carbonyl (C=O) groups is 1. The van der Waals surface area contributed by atoms with E-state index in [4.69, 9.17) is 14.6 Å². The number of fused-ring (bicyclic) bond motifs is 6. The van der Waals surface area contributed by atoms with Crippen LogP contribution >= 0.6 is 31.9 Å². The van der Waals surface area contributed by atoms with Crippen molar-refractivity contribution in [2.75, 3.05) is 12.4 Å². The van der Waals surface area contributed by atoms with Gasteiger partial charge in [0, 0.05) is 26.5 Å². The van der Waals surface area contributed by atoms with Crippen LogP contribution in [0.1, 0.15) is 29.2 Å². The highest BCUT2D eigenvalue weighted by Gasteiger charge is 2.61. The fourth-order valence-electron chi connectivity index (χ4n) is 4.66. The predicted octanol–water partition coefficient (Wildman–Crippen LogP) is 5.57. The average Bonchev–Trinajstić information content (AvgIpc) is 3.36. The van der Waals surface area contributed by atoms with Crippen LogP contribution in [-0.4, -0.2) is 23.7 Å². The number of carbonyl (C=O) groups excluding carboxylic acids is 1. The lowest BCUT2D eigenvalue weighted by molar-refractivity contribution is -0.161. The zero-order valence-corrected chi connectivity index (χ0v) is 20.1. The van der Waals surface area contributed by atoms with Gasteiger partial charge in [0.25, 0.3) is 5.91 Å². The van der Waals surface area contributed by atoms with E-state index in [1.54, 1.807) is 7.11 Å². The molecule has 3 aliphatic heterocycles. The van der Waals surface area contributed by atoms with Crippen LogP contribution in [0.15, 0.2) is 74.7 Å².